The van der Waals surface area contributed by atoms with Crippen LogP contribution in [-0.2, 0) is 0 Å². The second-order valence-corrected chi connectivity index (χ2v) is 4.82. The summed E-state index contributed by atoms with van der Waals surface area (Å²) in [5.41, 5.74) is 2.72. The molecule has 0 heterocycles. The maximum atomic E-state index is 14.4. The number of halogens is 2. The lowest BCUT2D eigenvalue weighted by atomic mass is 9.94. The van der Waals surface area contributed by atoms with Crippen LogP contribution in [0.15, 0.2) is 36.4 Å². The SMILES string of the molecule is Cc1cc(F)ccc1-c1cccc(C(C)C)c1F. The molecule has 0 aliphatic carbocycles. The van der Waals surface area contributed by atoms with Crippen molar-refractivity contribution in [3.8, 4) is 11.1 Å². The van der Waals surface area contributed by atoms with E-state index in [1.54, 1.807) is 25.1 Å². The minimum atomic E-state index is -0.295. The summed E-state index contributed by atoms with van der Waals surface area (Å²) in [4.78, 5) is 0. The lowest BCUT2D eigenvalue weighted by Crippen LogP contribution is -1.96. The molecular formula is C16H16F2. The molecule has 0 atom stereocenters. The molecule has 0 saturated heterocycles. The van der Waals surface area contributed by atoms with Crippen molar-refractivity contribution in [2.45, 2.75) is 26.7 Å². The van der Waals surface area contributed by atoms with Crippen LogP contribution in [-0.4, -0.2) is 0 Å². The molecule has 2 heteroatoms. The molecule has 2 rings (SSSR count). The van der Waals surface area contributed by atoms with Gasteiger partial charge in [0.05, 0.1) is 0 Å². The van der Waals surface area contributed by atoms with Gasteiger partial charge in [-0.05, 0) is 41.7 Å². The number of hydrogen-bond acceptors (Lipinski definition) is 0. The van der Waals surface area contributed by atoms with E-state index in [1.165, 1.54) is 12.1 Å². The van der Waals surface area contributed by atoms with Gasteiger partial charge >= 0.3 is 0 Å². The van der Waals surface area contributed by atoms with Crippen molar-refractivity contribution in [1.29, 1.82) is 0 Å². The van der Waals surface area contributed by atoms with Gasteiger partial charge in [0.1, 0.15) is 11.6 Å². The molecule has 18 heavy (non-hydrogen) atoms. The van der Waals surface area contributed by atoms with Crippen LogP contribution in [0.4, 0.5) is 8.78 Å². The standard InChI is InChI=1S/C16H16F2/c1-10(2)13-5-4-6-15(16(13)18)14-8-7-12(17)9-11(14)3/h4-10H,1-3H3. The second-order valence-electron chi connectivity index (χ2n) is 4.82. The number of rotatable bonds is 2. The lowest BCUT2D eigenvalue weighted by Gasteiger charge is -2.12. The van der Waals surface area contributed by atoms with Crippen molar-refractivity contribution in [2.75, 3.05) is 0 Å². The molecule has 0 amide bonds. The third kappa shape index (κ3) is 2.28. The van der Waals surface area contributed by atoms with Crippen LogP contribution in [0, 0.1) is 18.6 Å². The van der Waals surface area contributed by atoms with E-state index in [2.05, 4.69) is 0 Å². The first-order valence-electron chi connectivity index (χ1n) is 6.05. The van der Waals surface area contributed by atoms with E-state index in [9.17, 15) is 8.78 Å². The molecule has 2 aromatic carbocycles. The van der Waals surface area contributed by atoms with Crippen LogP contribution >= 0.6 is 0 Å². The second kappa shape index (κ2) is 4.89. The Morgan fingerprint density at radius 3 is 2.28 bits per heavy atom. The van der Waals surface area contributed by atoms with Gasteiger partial charge in [-0.25, -0.2) is 8.78 Å². The van der Waals surface area contributed by atoms with Gasteiger partial charge in [-0.15, -0.1) is 0 Å². The van der Waals surface area contributed by atoms with Gasteiger partial charge in [-0.2, -0.15) is 0 Å². The highest BCUT2D eigenvalue weighted by Crippen LogP contribution is 2.30. The zero-order chi connectivity index (χ0) is 13.3. The highest BCUT2D eigenvalue weighted by Gasteiger charge is 2.13. The van der Waals surface area contributed by atoms with Gasteiger partial charge in [0, 0.05) is 5.56 Å². The van der Waals surface area contributed by atoms with E-state index in [0.29, 0.717) is 11.1 Å². The summed E-state index contributed by atoms with van der Waals surface area (Å²) >= 11 is 0. The molecule has 0 aliphatic rings. The lowest BCUT2D eigenvalue weighted by molar-refractivity contribution is 0.601. The summed E-state index contributed by atoms with van der Waals surface area (Å²) in [6.07, 6.45) is 0. The minimum Gasteiger partial charge on any atom is -0.207 e. The third-order valence-electron chi connectivity index (χ3n) is 3.13. The average Bonchev–Trinajstić information content (AvgIpc) is 2.30. The molecule has 0 radical (unpaired) electrons. The van der Waals surface area contributed by atoms with Crippen molar-refractivity contribution in [2.24, 2.45) is 0 Å². The fourth-order valence-corrected chi connectivity index (χ4v) is 2.13. The summed E-state index contributed by atoms with van der Waals surface area (Å²) < 4.78 is 27.5. The third-order valence-corrected chi connectivity index (χ3v) is 3.13. The zero-order valence-electron chi connectivity index (χ0n) is 10.8. The van der Waals surface area contributed by atoms with E-state index in [0.717, 1.165) is 11.1 Å². The van der Waals surface area contributed by atoms with Gasteiger partial charge in [0.25, 0.3) is 0 Å². The maximum absolute atomic E-state index is 14.4. The molecule has 0 aromatic heterocycles. The molecule has 0 N–H and O–H groups in total. The number of benzene rings is 2. The summed E-state index contributed by atoms with van der Waals surface area (Å²) in [6, 6.07) is 9.80. The highest BCUT2D eigenvalue weighted by atomic mass is 19.1. The molecule has 2 aromatic rings. The van der Waals surface area contributed by atoms with Crippen molar-refractivity contribution < 1.29 is 8.78 Å². The van der Waals surface area contributed by atoms with E-state index in [1.807, 2.05) is 19.9 Å². The average molecular weight is 246 g/mol. The molecule has 0 unspecified atom stereocenters. The van der Waals surface area contributed by atoms with E-state index in [-0.39, 0.29) is 17.6 Å². The maximum Gasteiger partial charge on any atom is 0.134 e. The minimum absolute atomic E-state index is 0.130. The normalized spacial score (nSPS) is 11.0. The van der Waals surface area contributed by atoms with Crippen molar-refractivity contribution in [3.05, 3.63) is 59.2 Å². The first-order chi connectivity index (χ1) is 8.50. The van der Waals surface area contributed by atoms with Gasteiger partial charge in [-0.3, -0.25) is 0 Å². The smallest absolute Gasteiger partial charge is 0.134 e. The van der Waals surface area contributed by atoms with Gasteiger partial charge in [0.2, 0.25) is 0 Å². The van der Waals surface area contributed by atoms with Crippen molar-refractivity contribution >= 4 is 0 Å². The first-order valence-corrected chi connectivity index (χ1v) is 6.05. The Labute approximate surface area is 106 Å². The Balaban J connectivity index is 2.61. The van der Waals surface area contributed by atoms with Crippen molar-refractivity contribution in [1.82, 2.24) is 0 Å². The molecule has 0 saturated carbocycles. The largest absolute Gasteiger partial charge is 0.207 e. The fourth-order valence-electron chi connectivity index (χ4n) is 2.13. The molecule has 0 bridgehead atoms. The predicted molar refractivity (Wildman–Crippen MR) is 70.6 cm³/mol. The van der Waals surface area contributed by atoms with Crippen LogP contribution in [0.1, 0.15) is 30.9 Å². The van der Waals surface area contributed by atoms with Crippen LogP contribution in [0.3, 0.4) is 0 Å². The quantitative estimate of drug-likeness (QED) is 0.694. The van der Waals surface area contributed by atoms with Crippen LogP contribution in [0.25, 0.3) is 11.1 Å². The summed E-state index contributed by atoms with van der Waals surface area (Å²) in [5, 5.41) is 0. The monoisotopic (exact) mass is 246 g/mol. The van der Waals surface area contributed by atoms with Gasteiger partial charge in [-0.1, -0.05) is 38.1 Å². The van der Waals surface area contributed by atoms with E-state index in [4.69, 9.17) is 0 Å². The topological polar surface area (TPSA) is 0 Å². The first kappa shape index (κ1) is 12.7. The van der Waals surface area contributed by atoms with Crippen LogP contribution in [0.2, 0.25) is 0 Å². The zero-order valence-corrected chi connectivity index (χ0v) is 10.8. The molecular weight excluding hydrogens is 230 g/mol. The molecule has 0 aliphatic heterocycles. The summed E-state index contributed by atoms with van der Waals surface area (Å²) in [5.74, 6) is -0.371. The highest BCUT2D eigenvalue weighted by molar-refractivity contribution is 5.68. The fraction of sp³-hybridized carbons (Fsp3) is 0.250. The molecule has 0 fully saturated rings. The Morgan fingerprint density at radius 2 is 1.67 bits per heavy atom. The Morgan fingerprint density at radius 1 is 0.944 bits per heavy atom. The number of aryl methyl sites for hydroxylation is 1. The van der Waals surface area contributed by atoms with Gasteiger partial charge in [0.15, 0.2) is 0 Å². The molecule has 0 spiro atoms. The van der Waals surface area contributed by atoms with Crippen LogP contribution in [0.5, 0.6) is 0 Å². The Hall–Kier alpha value is -1.70. The molecule has 94 valence electrons. The summed E-state index contributed by atoms with van der Waals surface area (Å²) in [7, 11) is 0. The van der Waals surface area contributed by atoms with Crippen molar-refractivity contribution in [3.63, 3.8) is 0 Å². The van der Waals surface area contributed by atoms with Crippen LogP contribution < -0.4 is 0 Å². The van der Waals surface area contributed by atoms with Gasteiger partial charge < -0.3 is 0 Å². The Bertz CT molecular complexity index is 571. The number of hydrogen-bond donors (Lipinski definition) is 0. The summed E-state index contributed by atoms with van der Waals surface area (Å²) in [6.45, 7) is 5.71. The Kier molecular flexibility index (Phi) is 3.46. The van der Waals surface area contributed by atoms with E-state index >= 15 is 0 Å². The molecule has 0 nitrogen and oxygen atoms in total. The predicted octanol–water partition coefficient (Wildman–Crippen LogP) is 5.06. The van der Waals surface area contributed by atoms with E-state index < -0.39 is 0 Å².